The Hall–Kier alpha value is -2.33. The fourth-order valence-electron chi connectivity index (χ4n) is 1.95. The number of rotatable bonds is 5. The molecule has 3 rings (SSSR count). The maximum absolute atomic E-state index is 5.86. The van der Waals surface area contributed by atoms with E-state index in [4.69, 9.17) is 20.8 Å². The van der Waals surface area contributed by atoms with E-state index >= 15 is 0 Å². The highest BCUT2D eigenvalue weighted by molar-refractivity contribution is 6.30. The number of hydrogen-bond donors (Lipinski definition) is 0. The molecule has 0 aliphatic rings. The molecular weight excluding hydrogens is 300 g/mol. The van der Waals surface area contributed by atoms with Crippen LogP contribution in [0.4, 0.5) is 0 Å². The molecule has 0 amide bonds. The summed E-state index contributed by atoms with van der Waals surface area (Å²) in [6.07, 6.45) is 0.731. The smallest absolute Gasteiger partial charge is 0.247 e. The van der Waals surface area contributed by atoms with Crippen molar-refractivity contribution in [2.45, 2.75) is 20.0 Å². The Morgan fingerprint density at radius 2 is 1.73 bits per heavy atom. The van der Waals surface area contributed by atoms with Crippen LogP contribution in [0.5, 0.6) is 5.75 Å². The highest BCUT2D eigenvalue weighted by Crippen LogP contribution is 2.22. The van der Waals surface area contributed by atoms with Crippen molar-refractivity contribution in [1.29, 1.82) is 0 Å². The summed E-state index contributed by atoms with van der Waals surface area (Å²) in [6.45, 7) is 2.47. The Balaban J connectivity index is 1.65. The molecule has 1 heterocycles. The Morgan fingerprint density at radius 1 is 1.00 bits per heavy atom. The topological polar surface area (TPSA) is 48.2 Å². The van der Waals surface area contributed by atoms with Crippen molar-refractivity contribution in [3.8, 4) is 17.2 Å². The fraction of sp³-hybridized carbons (Fsp3) is 0.176. The van der Waals surface area contributed by atoms with Gasteiger partial charge in [-0.3, -0.25) is 0 Å². The molecule has 0 bridgehead atoms. The van der Waals surface area contributed by atoms with E-state index in [2.05, 4.69) is 10.2 Å². The zero-order valence-electron chi connectivity index (χ0n) is 12.1. The standard InChI is InChI=1S/C17H15ClN2O2/c1-2-16-19-20-17(22-16)13-5-9-15(10-6-13)21-11-12-3-7-14(18)8-4-12/h3-10H,2,11H2,1H3. The quantitative estimate of drug-likeness (QED) is 0.694. The molecule has 0 aliphatic carbocycles. The Morgan fingerprint density at radius 3 is 2.36 bits per heavy atom. The van der Waals surface area contributed by atoms with Gasteiger partial charge in [0, 0.05) is 17.0 Å². The van der Waals surface area contributed by atoms with Crippen molar-refractivity contribution in [1.82, 2.24) is 10.2 Å². The number of halogens is 1. The third kappa shape index (κ3) is 3.46. The molecule has 0 fully saturated rings. The van der Waals surface area contributed by atoms with Gasteiger partial charge in [0.05, 0.1) is 0 Å². The van der Waals surface area contributed by atoms with Crippen LogP contribution in [0, 0.1) is 0 Å². The van der Waals surface area contributed by atoms with E-state index in [1.165, 1.54) is 0 Å². The van der Waals surface area contributed by atoms with Gasteiger partial charge >= 0.3 is 0 Å². The third-order valence-electron chi connectivity index (χ3n) is 3.19. The lowest BCUT2D eigenvalue weighted by Gasteiger charge is -2.06. The summed E-state index contributed by atoms with van der Waals surface area (Å²) in [7, 11) is 0. The average molecular weight is 315 g/mol. The number of benzene rings is 2. The molecule has 0 saturated carbocycles. The van der Waals surface area contributed by atoms with E-state index in [1.54, 1.807) is 0 Å². The van der Waals surface area contributed by atoms with E-state index in [9.17, 15) is 0 Å². The summed E-state index contributed by atoms with van der Waals surface area (Å²) in [5, 5.41) is 8.70. The molecule has 5 heteroatoms. The minimum Gasteiger partial charge on any atom is -0.489 e. The van der Waals surface area contributed by atoms with E-state index in [0.29, 0.717) is 18.4 Å². The van der Waals surface area contributed by atoms with Crippen LogP contribution < -0.4 is 4.74 Å². The highest BCUT2D eigenvalue weighted by atomic mass is 35.5. The molecule has 0 spiro atoms. The first-order valence-electron chi connectivity index (χ1n) is 7.04. The van der Waals surface area contributed by atoms with Crippen molar-refractivity contribution in [2.75, 3.05) is 0 Å². The first kappa shape index (κ1) is 14.6. The highest BCUT2D eigenvalue weighted by Gasteiger charge is 2.07. The second kappa shape index (κ2) is 6.62. The van der Waals surface area contributed by atoms with E-state index in [1.807, 2.05) is 55.5 Å². The van der Waals surface area contributed by atoms with Crippen molar-refractivity contribution >= 4 is 11.6 Å². The van der Waals surface area contributed by atoms with Crippen molar-refractivity contribution in [3.63, 3.8) is 0 Å². The van der Waals surface area contributed by atoms with Crippen LogP contribution in [0.3, 0.4) is 0 Å². The number of aryl methyl sites for hydroxylation is 1. The summed E-state index contributed by atoms with van der Waals surface area (Å²) in [5.74, 6) is 1.95. The average Bonchev–Trinajstić information content (AvgIpc) is 3.04. The van der Waals surface area contributed by atoms with Gasteiger partial charge in [0.2, 0.25) is 11.8 Å². The zero-order chi connectivity index (χ0) is 15.4. The van der Waals surface area contributed by atoms with Crippen LogP contribution in [-0.2, 0) is 13.0 Å². The molecular formula is C17H15ClN2O2. The number of ether oxygens (including phenoxy) is 1. The minimum absolute atomic E-state index is 0.497. The first-order chi connectivity index (χ1) is 10.7. The SMILES string of the molecule is CCc1nnc(-c2ccc(OCc3ccc(Cl)cc3)cc2)o1. The number of hydrogen-bond acceptors (Lipinski definition) is 4. The van der Waals surface area contributed by atoms with Crippen LogP contribution in [0.15, 0.2) is 52.9 Å². The van der Waals surface area contributed by atoms with E-state index < -0.39 is 0 Å². The molecule has 22 heavy (non-hydrogen) atoms. The van der Waals surface area contributed by atoms with Gasteiger partial charge in [-0.25, -0.2) is 0 Å². The van der Waals surface area contributed by atoms with Gasteiger partial charge in [0.1, 0.15) is 12.4 Å². The number of nitrogens with zero attached hydrogens (tertiary/aromatic N) is 2. The van der Waals surface area contributed by atoms with Crippen molar-refractivity contribution < 1.29 is 9.15 Å². The zero-order valence-corrected chi connectivity index (χ0v) is 12.9. The Kier molecular flexibility index (Phi) is 4.39. The van der Waals surface area contributed by atoms with Crippen LogP contribution in [-0.4, -0.2) is 10.2 Å². The van der Waals surface area contributed by atoms with E-state index in [-0.39, 0.29) is 0 Å². The lowest BCUT2D eigenvalue weighted by atomic mass is 10.2. The van der Waals surface area contributed by atoms with Gasteiger partial charge < -0.3 is 9.15 Å². The summed E-state index contributed by atoms with van der Waals surface area (Å²) >= 11 is 5.86. The molecule has 0 radical (unpaired) electrons. The maximum Gasteiger partial charge on any atom is 0.247 e. The summed E-state index contributed by atoms with van der Waals surface area (Å²) < 4.78 is 11.3. The van der Waals surface area contributed by atoms with Gasteiger partial charge in [-0.1, -0.05) is 30.7 Å². The van der Waals surface area contributed by atoms with E-state index in [0.717, 1.165) is 28.3 Å². The lowest BCUT2D eigenvalue weighted by molar-refractivity contribution is 0.306. The predicted molar refractivity (Wildman–Crippen MR) is 84.9 cm³/mol. The summed E-state index contributed by atoms with van der Waals surface area (Å²) in [5.41, 5.74) is 1.95. The largest absolute Gasteiger partial charge is 0.489 e. The van der Waals surface area contributed by atoms with Crippen molar-refractivity contribution in [3.05, 3.63) is 65.0 Å². The molecule has 3 aromatic rings. The molecule has 0 aliphatic heterocycles. The van der Waals surface area contributed by atoms with Gasteiger partial charge in [-0.2, -0.15) is 0 Å². The van der Waals surface area contributed by atoms with Crippen LogP contribution in [0.1, 0.15) is 18.4 Å². The molecule has 4 nitrogen and oxygen atoms in total. The van der Waals surface area contributed by atoms with Gasteiger partial charge in [0.25, 0.3) is 0 Å². The predicted octanol–water partition coefficient (Wildman–Crippen LogP) is 4.53. The monoisotopic (exact) mass is 314 g/mol. The molecule has 0 saturated heterocycles. The second-order valence-corrected chi connectivity index (χ2v) is 5.23. The third-order valence-corrected chi connectivity index (χ3v) is 3.44. The Labute approximate surface area is 133 Å². The van der Waals surface area contributed by atoms with Gasteiger partial charge in [-0.05, 0) is 42.0 Å². The first-order valence-corrected chi connectivity index (χ1v) is 7.42. The van der Waals surface area contributed by atoms with Crippen molar-refractivity contribution in [2.24, 2.45) is 0 Å². The van der Waals surface area contributed by atoms with Gasteiger partial charge in [-0.15, -0.1) is 10.2 Å². The molecule has 0 N–H and O–H groups in total. The Bertz CT molecular complexity index is 736. The molecule has 0 unspecified atom stereocenters. The summed E-state index contributed by atoms with van der Waals surface area (Å²) in [6, 6.07) is 15.2. The van der Waals surface area contributed by atoms with Crippen LogP contribution in [0.2, 0.25) is 5.02 Å². The van der Waals surface area contributed by atoms with Gasteiger partial charge in [0.15, 0.2) is 0 Å². The minimum atomic E-state index is 0.497. The number of aromatic nitrogens is 2. The molecule has 0 atom stereocenters. The maximum atomic E-state index is 5.86. The summed E-state index contributed by atoms with van der Waals surface area (Å²) in [4.78, 5) is 0. The van der Waals surface area contributed by atoms with Crippen LogP contribution in [0.25, 0.3) is 11.5 Å². The second-order valence-electron chi connectivity index (χ2n) is 4.79. The lowest BCUT2D eigenvalue weighted by Crippen LogP contribution is -1.94. The molecule has 112 valence electrons. The molecule has 1 aromatic heterocycles. The fourth-order valence-corrected chi connectivity index (χ4v) is 2.08. The molecule has 2 aromatic carbocycles. The normalized spacial score (nSPS) is 10.6. The van der Waals surface area contributed by atoms with Crippen LogP contribution >= 0.6 is 11.6 Å².